The average molecular weight is 435 g/mol. The number of nitrogens with one attached hydrogen (secondary N) is 2. The summed E-state index contributed by atoms with van der Waals surface area (Å²) in [5.41, 5.74) is -3.01. The number of guanidine groups is 1. The summed E-state index contributed by atoms with van der Waals surface area (Å²) in [5.74, 6) is 0.545. The van der Waals surface area contributed by atoms with E-state index in [4.69, 9.17) is 0 Å². The van der Waals surface area contributed by atoms with Crippen LogP contribution in [0.15, 0.2) is 29.3 Å². The third-order valence-corrected chi connectivity index (χ3v) is 6.85. The first kappa shape index (κ1) is 23.5. The molecule has 0 aromatic heterocycles. The summed E-state index contributed by atoms with van der Waals surface area (Å²) >= 11 is 0. The number of hydrogen-bond donors (Lipinski definition) is 2. The SMILES string of the molecule is CN=C(NCC(C)(C)c1ccccc1C)NC1CCN(S(=O)(=O)C(F)(F)F)CC1. The Morgan fingerprint density at radius 2 is 1.79 bits per heavy atom. The molecule has 0 spiro atoms. The molecule has 10 heteroatoms. The number of hydrogen-bond acceptors (Lipinski definition) is 3. The summed E-state index contributed by atoms with van der Waals surface area (Å²) in [6.07, 6.45) is 0.550. The molecule has 2 N–H and O–H groups in total. The topological polar surface area (TPSA) is 73.8 Å². The summed E-state index contributed by atoms with van der Waals surface area (Å²) in [5, 5.41) is 6.47. The van der Waals surface area contributed by atoms with Crippen LogP contribution in [0.3, 0.4) is 0 Å². The van der Waals surface area contributed by atoms with Gasteiger partial charge in [-0.1, -0.05) is 38.1 Å². The second-order valence-corrected chi connectivity index (χ2v) is 9.82. The van der Waals surface area contributed by atoms with Gasteiger partial charge in [0.1, 0.15) is 0 Å². The fraction of sp³-hybridized carbons (Fsp3) is 0.632. The number of alkyl halides is 3. The molecule has 0 amide bonds. The summed E-state index contributed by atoms with van der Waals surface area (Å²) in [7, 11) is -3.64. The average Bonchev–Trinajstić information content (AvgIpc) is 2.64. The first-order valence-corrected chi connectivity index (χ1v) is 10.9. The highest BCUT2D eigenvalue weighted by Crippen LogP contribution is 2.29. The number of aliphatic imine (C=N–C) groups is 1. The van der Waals surface area contributed by atoms with E-state index in [-0.39, 0.29) is 37.4 Å². The van der Waals surface area contributed by atoms with Crippen LogP contribution in [0.2, 0.25) is 0 Å². The van der Waals surface area contributed by atoms with Crippen LogP contribution in [0.25, 0.3) is 0 Å². The van der Waals surface area contributed by atoms with Crippen molar-refractivity contribution in [2.75, 3.05) is 26.7 Å². The molecule has 0 radical (unpaired) electrons. The summed E-state index contributed by atoms with van der Waals surface area (Å²) in [6, 6.07) is 7.99. The van der Waals surface area contributed by atoms with E-state index in [0.29, 0.717) is 16.8 Å². The first-order valence-electron chi connectivity index (χ1n) is 9.48. The van der Waals surface area contributed by atoms with Gasteiger partial charge in [-0.3, -0.25) is 4.99 Å². The molecule has 0 aliphatic carbocycles. The number of sulfonamides is 1. The standard InChI is InChI=1S/C19H29F3N4O2S/c1-14-7-5-6-8-16(14)18(2,3)13-24-17(23-4)25-15-9-11-26(12-10-15)29(27,28)19(20,21)22/h5-8,15H,9-13H2,1-4H3,(H2,23,24,25). The van der Waals surface area contributed by atoms with Crippen molar-refractivity contribution < 1.29 is 21.6 Å². The molecule has 1 aliphatic heterocycles. The van der Waals surface area contributed by atoms with Crippen LogP contribution in [-0.2, 0) is 15.4 Å². The maximum Gasteiger partial charge on any atom is 0.511 e. The lowest BCUT2D eigenvalue weighted by Gasteiger charge is -2.33. The van der Waals surface area contributed by atoms with Crippen molar-refractivity contribution in [3.63, 3.8) is 0 Å². The molecule has 2 rings (SSSR count). The van der Waals surface area contributed by atoms with Gasteiger partial charge in [-0.2, -0.15) is 17.5 Å². The van der Waals surface area contributed by atoms with Crippen molar-refractivity contribution in [1.82, 2.24) is 14.9 Å². The largest absolute Gasteiger partial charge is 0.511 e. The molecule has 0 bridgehead atoms. The second-order valence-electron chi connectivity index (χ2n) is 7.89. The third kappa shape index (κ3) is 5.63. The van der Waals surface area contributed by atoms with Crippen molar-refractivity contribution in [3.05, 3.63) is 35.4 Å². The van der Waals surface area contributed by atoms with Gasteiger partial charge in [-0.15, -0.1) is 0 Å². The number of nitrogens with zero attached hydrogens (tertiary/aromatic N) is 2. The van der Waals surface area contributed by atoms with E-state index >= 15 is 0 Å². The van der Waals surface area contributed by atoms with Gasteiger partial charge in [0.15, 0.2) is 5.96 Å². The lowest BCUT2D eigenvalue weighted by Crippen LogP contribution is -2.52. The van der Waals surface area contributed by atoms with Gasteiger partial charge >= 0.3 is 15.5 Å². The van der Waals surface area contributed by atoms with E-state index in [1.165, 1.54) is 11.1 Å². The Bertz CT molecular complexity index is 830. The van der Waals surface area contributed by atoms with Crippen LogP contribution < -0.4 is 10.6 Å². The Hall–Kier alpha value is -1.81. The predicted molar refractivity (Wildman–Crippen MR) is 108 cm³/mol. The normalized spacial score (nSPS) is 18.0. The molecule has 1 fully saturated rings. The molecule has 0 atom stereocenters. The molecule has 164 valence electrons. The van der Waals surface area contributed by atoms with Crippen molar-refractivity contribution in [1.29, 1.82) is 0 Å². The molecular formula is C19H29F3N4O2S. The number of rotatable bonds is 5. The zero-order chi connectivity index (χ0) is 21.9. The van der Waals surface area contributed by atoms with Gasteiger partial charge in [0, 0.05) is 38.1 Å². The van der Waals surface area contributed by atoms with E-state index in [0.717, 1.165) is 0 Å². The van der Waals surface area contributed by atoms with Gasteiger partial charge in [-0.25, -0.2) is 8.42 Å². The summed E-state index contributed by atoms with van der Waals surface area (Å²) in [4.78, 5) is 4.19. The van der Waals surface area contributed by atoms with Crippen molar-refractivity contribution in [2.45, 2.75) is 50.6 Å². The molecule has 6 nitrogen and oxygen atoms in total. The molecular weight excluding hydrogens is 405 g/mol. The highest BCUT2D eigenvalue weighted by molar-refractivity contribution is 7.90. The van der Waals surface area contributed by atoms with E-state index in [9.17, 15) is 21.6 Å². The third-order valence-electron chi connectivity index (χ3n) is 5.22. The number of piperidine rings is 1. The van der Waals surface area contributed by atoms with Crippen LogP contribution in [-0.4, -0.2) is 56.9 Å². The van der Waals surface area contributed by atoms with Crippen LogP contribution in [0.4, 0.5) is 13.2 Å². The number of aryl methyl sites for hydroxylation is 1. The van der Waals surface area contributed by atoms with Gasteiger partial charge in [0.25, 0.3) is 0 Å². The van der Waals surface area contributed by atoms with Gasteiger partial charge in [0.2, 0.25) is 0 Å². The van der Waals surface area contributed by atoms with Crippen molar-refractivity contribution >= 4 is 16.0 Å². The van der Waals surface area contributed by atoms with E-state index in [2.05, 4.69) is 48.5 Å². The minimum atomic E-state index is -5.26. The van der Waals surface area contributed by atoms with Gasteiger partial charge in [-0.05, 0) is 30.9 Å². The Kier molecular flexibility index (Phi) is 7.21. The van der Waals surface area contributed by atoms with Crippen molar-refractivity contribution in [3.8, 4) is 0 Å². The zero-order valence-electron chi connectivity index (χ0n) is 17.2. The Labute approximate surface area is 170 Å². The highest BCUT2D eigenvalue weighted by Gasteiger charge is 2.50. The maximum absolute atomic E-state index is 12.7. The minimum absolute atomic E-state index is 0.151. The van der Waals surface area contributed by atoms with Crippen LogP contribution in [0, 0.1) is 6.92 Å². The summed E-state index contributed by atoms with van der Waals surface area (Å²) < 4.78 is 61.6. The summed E-state index contributed by atoms with van der Waals surface area (Å²) in [6.45, 7) is 6.56. The quantitative estimate of drug-likeness (QED) is 0.552. The smallest absolute Gasteiger partial charge is 0.356 e. The molecule has 1 aliphatic rings. The molecule has 1 aromatic carbocycles. The number of halogens is 3. The molecule has 0 saturated carbocycles. The Balaban J connectivity index is 1.91. The van der Waals surface area contributed by atoms with Crippen LogP contribution in [0.5, 0.6) is 0 Å². The van der Waals surface area contributed by atoms with Gasteiger partial charge in [0.05, 0.1) is 0 Å². The van der Waals surface area contributed by atoms with Crippen LogP contribution in [0.1, 0.15) is 37.8 Å². The Morgan fingerprint density at radius 3 is 2.31 bits per heavy atom. The van der Waals surface area contributed by atoms with E-state index in [1.54, 1.807) is 7.05 Å². The zero-order valence-corrected chi connectivity index (χ0v) is 18.0. The van der Waals surface area contributed by atoms with E-state index < -0.39 is 15.5 Å². The fourth-order valence-corrected chi connectivity index (χ4v) is 4.49. The minimum Gasteiger partial charge on any atom is -0.356 e. The first-order chi connectivity index (χ1) is 13.4. The molecule has 0 unspecified atom stereocenters. The lowest BCUT2D eigenvalue weighted by atomic mass is 9.82. The predicted octanol–water partition coefficient (Wildman–Crippen LogP) is 2.75. The number of benzene rings is 1. The fourth-order valence-electron chi connectivity index (χ4n) is 3.51. The molecule has 29 heavy (non-hydrogen) atoms. The van der Waals surface area contributed by atoms with E-state index in [1.807, 2.05) is 12.1 Å². The van der Waals surface area contributed by atoms with Crippen LogP contribution >= 0.6 is 0 Å². The highest BCUT2D eigenvalue weighted by atomic mass is 32.2. The molecule has 1 heterocycles. The lowest BCUT2D eigenvalue weighted by molar-refractivity contribution is -0.0494. The maximum atomic E-state index is 12.7. The van der Waals surface area contributed by atoms with Gasteiger partial charge < -0.3 is 10.6 Å². The molecule has 1 aromatic rings. The van der Waals surface area contributed by atoms with Crippen molar-refractivity contribution in [2.24, 2.45) is 4.99 Å². The Morgan fingerprint density at radius 1 is 1.21 bits per heavy atom. The second kappa shape index (κ2) is 8.91. The molecule has 1 saturated heterocycles. The monoisotopic (exact) mass is 434 g/mol.